The highest BCUT2D eigenvalue weighted by Crippen LogP contribution is 2.11. The van der Waals surface area contributed by atoms with Gasteiger partial charge in [0.15, 0.2) is 5.96 Å². The molecular formula is C19H25N5S. The van der Waals surface area contributed by atoms with Crippen molar-refractivity contribution < 1.29 is 0 Å². The van der Waals surface area contributed by atoms with Gasteiger partial charge in [0.1, 0.15) is 5.82 Å². The zero-order valence-corrected chi connectivity index (χ0v) is 15.6. The van der Waals surface area contributed by atoms with Gasteiger partial charge in [-0.2, -0.15) is 0 Å². The molecule has 0 saturated carbocycles. The summed E-state index contributed by atoms with van der Waals surface area (Å²) in [6.45, 7) is 4.64. The van der Waals surface area contributed by atoms with Crippen LogP contribution in [-0.4, -0.2) is 47.5 Å². The summed E-state index contributed by atoms with van der Waals surface area (Å²) in [5, 5.41) is 5.50. The van der Waals surface area contributed by atoms with Crippen LogP contribution in [0, 0.1) is 0 Å². The molecule has 2 aromatic heterocycles. The van der Waals surface area contributed by atoms with E-state index >= 15 is 0 Å². The Morgan fingerprint density at radius 2 is 2.12 bits per heavy atom. The molecule has 0 aliphatic rings. The Bertz CT molecular complexity index is 773. The Hall–Kier alpha value is -2.34. The molecule has 0 unspecified atom stereocenters. The number of guanidine groups is 1. The van der Waals surface area contributed by atoms with Crippen LogP contribution >= 0.6 is 11.3 Å². The van der Waals surface area contributed by atoms with Crippen molar-refractivity contribution in [2.75, 3.05) is 26.7 Å². The third-order valence-electron chi connectivity index (χ3n) is 4.02. The molecule has 132 valence electrons. The molecule has 0 radical (unpaired) electrons. The largest absolute Gasteiger partial charge is 0.357 e. The Labute approximate surface area is 152 Å². The fraction of sp³-hybridized carbons (Fsp3) is 0.368. The Kier molecular flexibility index (Phi) is 6.06. The van der Waals surface area contributed by atoms with E-state index in [1.807, 2.05) is 29.5 Å². The molecule has 0 aliphatic heterocycles. The van der Waals surface area contributed by atoms with Crippen LogP contribution in [0.2, 0.25) is 0 Å². The number of benzene rings is 1. The minimum atomic E-state index is 0.714. The topological polar surface area (TPSA) is 56.3 Å². The molecule has 2 heterocycles. The lowest BCUT2D eigenvalue weighted by Crippen LogP contribution is -2.40. The van der Waals surface area contributed by atoms with E-state index in [4.69, 9.17) is 4.99 Å². The maximum absolute atomic E-state index is 4.75. The van der Waals surface area contributed by atoms with Crippen molar-refractivity contribution in [1.29, 1.82) is 0 Å². The molecule has 6 heteroatoms. The van der Waals surface area contributed by atoms with Crippen LogP contribution in [0.3, 0.4) is 0 Å². The van der Waals surface area contributed by atoms with Crippen molar-refractivity contribution in [2.24, 2.45) is 4.99 Å². The summed E-state index contributed by atoms with van der Waals surface area (Å²) in [4.78, 5) is 16.3. The van der Waals surface area contributed by atoms with Gasteiger partial charge in [-0.15, -0.1) is 11.3 Å². The third-order valence-corrected chi connectivity index (χ3v) is 4.95. The molecule has 0 bridgehead atoms. The fourth-order valence-corrected chi connectivity index (χ4v) is 3.40. The van der Waals surface area contributed by atoms with Crippen LogP contribution in [-0.2, 0) is 12.8 Å². The van der Waals surface area contributed by atoms with Crippen molar-refractivity contribution in [3.63, 3.8) is 0 Å². The smallest absolute Gasteiger partial charge is 0.193 e. The molecule has 3 rings (SSSR count). The maximum Gasteiger partial charge on any atom is 0.193 e. The second-order valence-electron chi connectivity index (χ2n) is 5.94. The quantitative estimate of drug-likeness (QED) is 0.505. The summed E-state index contributed by atoms with van der Waals surface area (Å²) in [5.41, 5.74) is 2.10. The third kappa shape index (κ3) is 4.82. The van der Waals surface area contributed by atoms with Crippen LogP contribution in [0.15, 0.2) is 46.8 Å². The first kappa shape index (κ1) is 17.5. The summed E-state index contributed by atoms with van der Waals surface area (Å²) >= 11 is 1.81. The van der Waals surface area contributed by atoms with E-state index in [1.54, 1.807) is 0 Å². The summed E-state index contributed by atoms with van der Waals surface area (Å²) in [6.07, 6.45) is 1.85. The maximum atomic E-state index is 4.75. The molecule has 3 aromatic rings. The van der Waals surface area contributed by atoms with Gasteiger partial charge in [-0.05, 0) is 36.9 Å². The van der Waals surface area contributed by atoms with Gasteiger partial charge >= 0.3 is 0 Å². The molecule has 0 fully saturated rings. The molecule has 5 nitrogen and oxygen atoms in total. The number of hydrogen-bond donors (Lipinski definition) is 2. The lowest BCUT2D eigenvalue weighted by Gasteiger charge is -2.21. The van der Waals surface area contributed by atoms with Crippen LogP contribution in [0.1, 0.15) is 17.6 Å². The van der Waals surface area contributed by atoms with E-state index in [9.17, 15) is 0 Å². The van der Waals surface area contributed by atoms with Gasteiger partial charge < -0.3 is 15.2 Å². The fourth-order valence-electron chi connectivity index (χ4n) is 2.70. The predicted octanol–water partition coefficient (Wildman–Crippen LogP) is 3.31. The van der Waals surface area contributed by atoms with E-state index in [0.717, 1.165) is 48.7 Å². The zero-order chi connectivity index (χ0) is 17.5. The van der Waals surface area contributed by atoms with Crippen molar-refractivity contribution in [1.82, 2.24) is 20.2 Å². The highest BCUT2D eigenvalue weighted by molar-refractivity contribution is 7.09. The molecule has 0 amide bonds. The molecule has 2 N–H and O–H groups in total. The van der Waals surface area contributed by atoms with Gasteiger partial charge in [-0.3, -0.25) is 4.99 Å². The molecule has 1 aromatic carbocycles. The van der Waals surface area contributed by atoms with E-state index in [0.29, 0.717) is 6.54 Å². The molecule has 0 atom stereocenters. The number of fused-ring (bicyclic) bond motifs is 1. The number of nitrogens with zero attached hydrogens (tertiary/aromatic N) is 3. The first-order valence-corrected chi connectivity index (χ1v) is 9.59. The number of para-hydroxylation sites is 2. The lowest BCUT2D eigenvalue weighted by molar-refractivity contribution is 0.486. The predicted molar refractivity (Wildman–Crippen MR) is 106 cm³/mol. The highest BCUT2D eigenvalue weighted by atomic mass is 32.1. The number of nitrogens with one attached hydrogen (secondary N) is 2. The zero-order valence-electron chi connectivity index (χ0n) is 14.8. The lowest BCUT2D eigenvalue weighted by atomic mass is 10.3. The van der Waals surface area contributed by atoms with E-state index < -0.39 is 0 Å². The summed E-state index contributed by atoms with van der Waals surface area (Å²) in [6, 6.07) is 12.4. The number of aromatic nitrogens is 2. The minimum absolute atomic E-state index is 0.714. The van der Waals surface area contributed by atoms with Gasteiger partial charge in [-0.1, -0.05) is 18.2 Å². The van der Waals surface area contributed by atoms with Crippen LogP contribution < -0.4 is 5.32 Å². The number of rotatable bonds is 7. The van der Waals surface area contributed by atoms with Crippen molar-refractivity contribution >= 4 is 28.3 Å². The highest BCUT2D eigenvalue weighted by Gasteiger charge is 2.07. The molecule has 0 spiro atoms. The van der Waals surface area contributed by atoms with E-state index in [2.05, 4.69) is 57.7 Å². The number of aliphatic imine (C=N–C) groups is 1. The minimum Gasteiger partial charge on any atom is -0.357 e. The summed E-state index contributed by atoms with van der Waals surface area (Å²) in [7, 11) is 2.09. The van der Waals surface area contributed by atoms with Crippen LogP contribution in [0.25, 0.3) is 11.0 Å². The first-order chi connectivity index (χ1) is 12.3. The van der Waals surface area contributed by atoms with Gasteiger partial charge in [0.25, 0.3) is 0 Å². The number of aromatic amines is 1. The van der Waals surface area contributed by atoms with Crippen molar-refractivity contribution in [3.8, 4) is 0 Å². The number of thiophene rings is 1. The van der Waals surface area contributed by atoms with Crippen molar-refractivity contribution in [2.45, 2.75) is 19.8 Å². The molecule has 25 heavy (non-hydrogen) atoms. The first-order valence-electron chi connectivity index (χ1n) is 8.71. The molecule has 0 aliphatic carbocycles. The Morgan fingerprint density at radius 3 is 2.88 bits per heavy atom. The Balaban J connectivity index is 1.57. The van der Waals surface area contributed by atoms with Crippen LogP contribution in [0.5, 0.6) is 0 Å². The van der Waals surface area contributed by atoms with Gasteiger partial charge in [0.2, 0.25) is 0 Å². The van der Waals surface area contributed by atoms with Gasteiger partial charge in [-0.25, -0.2) is 4.98 Å². The summed E-state index contributed by atoms with van der Waals surface area (Å²) in [5.74, 6) is 1.94. The molecule has 0 saturated heterocycles. The second-order valence-corrected chi connectivity index (χ2v) is 6.97. The van der Waals surface area contributed by atoms with Crippen LogP contribution in [0.4, 0.5) is 0 Å². The SMILES string of the molecule is CCNC(=NCCc1nc2ccccc2[nH]1)N(C)CCc1cccs1. The average Bonchev–Trinajstić information content (AvgIpc) is 3.28. The number of H-pyrrole nitrogens is 1. The van der Waals surface area contributed by atoms with E-state index in [-0.39, 0.29) is 0 Å². The monoisotopic (exact) mass is 355 g/mol. The average molecular weight is 356 g/mol. The van der Waals surface area contributed by atoms with Gasteiger partial charge in [0.05, 0.1) is 11.0 Å². The summed E-state index contributed by atoms with van der Waals surface area (Å²) < 4.78 is 0. The normalized spacial score (nSPS) is 11.8. The number of likely N-dealkylation sites (N-methyl/N-ethyl adjacent to an activating group) is 1. The molecular weight excluding hydrogens is 330 g/mol. The standard InChI is InChI=1S/C19H25N5S/c1-3-20-19(24(2)13-11-15-7-6-14-25-15)21-12-10-18-22-16-8-4-5-9-17(16)23-18/h4-9,14H,3,10-13H2,1-2H3,(H,20,21)(H,22,23). The van der Waals surface area contributed by atoms with Gasteiger partial charge in [0, 0.05) is 38.0 Å². The van der Waals surface area contributed by atoms with Crippen molar-refractivity contribution in [3.05, 3.63) is 52.5 Å². The number of imidazole rings is 1. The second kappa shape index (κ2) is 8.67. The van der Waals surface area contributed by atoms with E-state index in [1.165, 1.54) is 4.88 Å². The Morgan fingerprint density at radius 1 is 1.24 bits per heavy atom. The number of hydrogen-bond acceptors (Lipinski definition) is 3.